The second-order valence-electron chi connectivity index (χ2n) is 3.92. The fourth-order valence-electron chi connectivity index (χ4n) is 1.27. The lowest BCUT2D eigenvalue weighted by Crippen LogP contribution is -2.54. The van der Waals surface area contributed by atoms with Crippen molar-refractivity contribution in [3.05, 3.63) is 0 Å². The van der Waals surface area contributed by atoms with E-state index in [1.165, 1.54) is 6.92 Å². The molecule has 0 amide bonds. The number of aliphatic hydroxyl groups excluding tert-OH is 1. The number of hydrogen-bond donors (Lipinski definition) is 2. The van der Waals surface area contributed by atoms with E-state index in [4.69, 9.17) is 5.11 Å². The van der Waals surface area contributed by atoms with Crippen LogP contribution in [0.1, 0.15) is 6.92 Å². The second-order valence-corrected chi connectivity index (χ2v) is 6.00. The third-order valence-electron chi connectivity index (χ3n) is 2.55. The number of aliphatic hydroxyl groups is 1. The van der Waals surface area contributed by atoms with Crippen LogP contribution in [0, 0.1) is 0 Å². The van der Waals surface area contributed by atoms with Crippen LogP contribution in [0.5, 0.6) is 0 Å². The van der Waals surface area contributed by atoms with Crippen LogP contribution in [0.15, 0.2) is 0 Å². The van der Waals surface area contributed by atoms with Gasteiger partial charge in [0.15, 0.2) is 0 Å². The predicted molar refractivity (Wildman–Crippen MR) is 57.7 cm³/mol. The first-order valence-electron chi connectivity index (χ1n) is 5.01. The smallest absolute Gasteiger partial charge is 0.229 e. The van der Waals surface area contributed by atoms with Gasteiger partial charge in [0.25, 0.3) is 0 Å². The third-order valence-corrected chi connectivity index (χ3v) is 4.27. The van der Waals surface area contributed by atoms with E-state index >= 15 is 0 Å². The van der Waals surface area contributed by atoms with Crippen molar-refractivity contribution < 1.29 is 13.5 Å². The number of hydrogen-bond acceptors (Lipinski definition) is 5. The number of hydrazine groups is 1. The summed E-state index contributed by atoms with van der Waals surface area (Å²) in [7, 11) is -1.42. The lowest BCUT2D eigenvalue weighted by molar-refractivity contribution is 0.134. The van der Waals surface area contributed by atoms with Gasteiger partial charge in [-0.15, -0.1) is 4.83 Å². The van der Waals surface area contributed by atoms with E-state index < -0.39 is 15.3 Å². The Hall–Kier alpha value is -0.210. The van der Waals surface area contributed by atoms with Crippen LogP contribution < -0.4 is 4.83 Å². The minimum Gasteiger partial charge on any atom is -0.395 e. The summed E-state index contributed by atoms with van der Waals surface area (Å²) in [6.45, 7) is 4.16. The van der Waals surface area contributed by atoms with Crippen LogP contribution in [0.3, 0.4) is 0 Å². The Kier molecular flexibility index (Phi) is 4.47. The summed E-state index contributed by atoms with van der Waals surface area (Å²) >= 11 is 0. The van der Waals surface area contributed by atoms with Crippen molar-refractivity contribution in [1.29, 1.82) is 0 Å². The molecule has 15 heavy (non-hydrogen) atoms. The molecule has 0 radical (unpaired) electrons. The summed E-state index contributed by atoms with van der Waals surface area (Å²) in [5.41, 5.74) is 0. The van der Waals surface area contributed by atoms with Crippen molar-refractivity contribution in [2.45, 2.75) is 12.2 Å². The fraction of sp³-hybridized carbons (Fsp3) is 1.00. The van der Waals surface area contributed by atoms with Crippen molar-refractivity contribution in [3.63, 3.8) is 0 Å². The number of likely N-dealkylation sites (N-methyl/N-ethyl adjacent to an activating group) is 1. The van der Waals surface area contributed by atoms with Gasteiger partial charge in [-0.3, -0.25) is 0 Å². The Morgan fingerprint density at radius 1 is 1.33 bits per heavy atom. The SMILES string of the molecule is CC(CO)S(=O)(=O)NN1CCN(C)CC1. The molecule has 1 saturated heterocycles. The highest BCUT2D eigenvalue weighted by atomic mass is 32.2. The van der Waals surface area contributed by atoms with E-state index in [2.05, 4.69) is 9.73 Å². The molecule has 7 heteroatoms. The molecule has 1 unspecified atom stereocenters. The molecule has 0 spiro atoms. The Morgan fingerprint density at radius 3 is 2.33 bits per heavy atom. The van der Waals surface area contributed by atoms with Crippen molar-refractivity contribution in [2.75, 3.05) is 39.8 Å². The van der Waals surface area contributed by atoms with Gasteiger partial charge in [-0.2, -0.15) is 0 Å². The topological polar surface area (TPSA) is 72.9 Å². The molecule has 0 aromatic carbocycles. The second kappa shape index (κ2) is 5.22. The van der Waals surface area contributed by atoms with Gasteiger partial charge in [0, 0.05) is 26.2 Å². The molecule has 0 bridgehead atoms. The Labute approximate surface area is 90.9 Å². The molecule has 6 nitrogen and oxygen atoms in total. The summed E-state index contributed by atoms with van der Waals surface area (Å²) in [5.74, 6) is 0. The number of piperazine rings is 1. The first kappa shape index (κ1) is 12.9. The molecule has 0 saturated carbocycles. The molecule has 0 aromatic rings. The van der Waals surface area contributed by atoms with Crippen LogP contribution in [-0.4, -0.2) is 68.5 Å². The standard InChI is InChI=1S/C8H19N3O3S/c1-8(7-12)15(13,14)9-11-5-3-10(2)4-6-11/h8-9,12H,3-7H2,1-2H3. The Morgan fingerprint density at radius 2 is 1.87 bits per heavy atom. The van der Waals surface area contributed by atoms with Crippen LogP contribution >= 0.6 is 0 Å². The Bertz CT molecular complexity index is 286. The van der Waals surface area contributed by atoms with E-state index in [1.807, 2.05) is 7.05 Å². The summed E-state index contributed by atoms with van der Waals surface area (Å²) in [4.78, 5) is 4.62. The highest BCUT2D eigenvalue weighted by Gasteiger charge is 2.24. The van der Waals surface area contributed by atoms with Crippen LogP contribution in [0.2, 0.25) is 0 Å². The molecule has 1 heterocycles. The largest absolute Gasteiger partial charge is 0.395 e. The monoisotopic (exact) mass is 237 g/mol. The van der Waals surface area contributed by atoms with Crippen molar-refractivity contribution >= 4 is 10.0 Å². The van der Waals surface area contributed by atoms with Crippen molar-refractivity contribution in [3.8, 4) is 0 Å². The highest BCUT2D eigenvalue weighted by Crippen LogP contribution is 2.01. The third kappa shape index (κ3) is 3.69. The maximum Gasteiger partial charge on any atom is 0.229 e. The van der Waals surface area contributed by atoms with Crippen LogP contribution in [0.4, 0.5) is 0 Å². The van der Waals surface area contributed by atoms with Gasteiger partial charge >= 0.3 is 0 Å². The molecular formula is C8H19N3O3S. The number of nitrogens with zero attached hydrogens (tertiary/aromatic N) is 2. The van der Waals surface area contributed by atoms with Crippen LogP contribution in [0.25, 0.3) is 0 Å². The minimum absolute atomic E-state index is 0.358. The molecule has 1 fully saturated rings. The summed E-state index contributed by atoms with van der Waals surface area (Å²) in [6, 6.07) is 0. The van der Waals surface area contributed by atoms with Gasteiger partial charge in [0.1, 0.15) is 0 Å². The molecule has 90 valence electrons. The first-order chi connectivity index (χ1) is 6.95. The zero-order valence-corrected chi connectivity index (χ0v) is 10.00. The van der Waals surface area contributed by atoms with E-state index in [0.717, 1.165) is 13.1 Å². The normalized spacial score (nSPS) is 22.9. The summed E-state index contributed by atoms with van der Waals surface area (Å²) in [6.07, 6.45) is 0. The maximum atomic E-state index is 11.6. The number of rotatable bonds is 4. The van der Waals surface area contributed by atoms with Gasteiger partial charge in [0.2, 0.25) is 10.0 Å². The molecule has 1 atom stereocenters. The average Bonchev–Trinajstić information content (AvgIpc) is 2.20. The lowest BCUT2D eigenvalue weighted by Gasteiger charge is -2.32. The quantitative estimate of drug-likeness (QED) is 0.619. The molecule has 0 aliphatic carbocycles. The van der Waals surface area contributed by atoms with E-state index in [9.17, 15) is 8.42 Å². The first-order valence-corrected chi connectivity index (χ1v) is 6.56. The van der Waals surface area contributed by atoms with Gasteiger partial charge in [-0.05, 0) is 14.0 Å². The molecule has 1 aliphatic heterocycles. The fourth-order valence-corrected chi connectivity index (χ4v) is 2.18. The van der Waals surface area contributed by atoms with Crippen LogP contribution in [-0.2, 0) is 10.0 Å². The van der Waals surface area contributed by atoms with E-state index in [0.29, 0.717) is 13.1 Å². The van der Waals surface area contributed by atoms with Crippen molar-refractivity contribution in [1.82, 2.24) is 14.7 Å². The van der Waals surface area contributed by atoms with E-state index in [1.54, 1.807) is 5.01 Å². The summed E-state index contributed by atoms with van der Waals surface area (Å²) < 4.78 is 23.2. The Balaban J connectivity index is 2.48. The van der Waals surface area contributed by atoms with Crippen molar-refractivity contribution in [2.24, 2.45) is 0 Å². The lowest BCUT2D eigenvalue weighted by atomic mass is 10.4. The molecule has 1 rings (SSSR count). The zero-order valence-electron chi connectivity index (χ0n) is 9.18. The van der Waals surface area contributed by atoms with Gasteiger partial charge in [0.05, 0.1) is 11.9 Å². The molecule has 1 aliphatic rings. The number of sulfonamides is 1. The number of nitrogens with one attached hydrogen (secondary N) is 1. The molecule has 0 aromatic heterocycles. The molecule has 2 N–H and O–H groups in total. The van der Waals surface area contributed by atoms with E-state index in [-0.39, 0.29) is 6.61 Å². The average molecular weight is 237 g/mol. The highest BCUT2D eigenvalue weighted by molar-refractivity contribution is 7.90. The maximum absolute atomic E-state index is 11.6. The summed E-state index contributed by atoms with van der Waals surface area (Å²) in [5, 5.41) is 9.71. The van der Waals surface area contributed by atoms with Gasteiger partial charge in [-0.1, -0.05) is 0 Å². The minimum atomic E-state index is -3.42. The predicted octanol–water partition coefficient (Wildman–Crippen LogP) is -1.55. The molecular weight excluding hydrogens is 218 g/mol. The van der Waals surface area contributed by atoms with Gasteiger partial charge < -0.3 is 10.0 Å². The van der Waals surface area contributed by atoms with Gasteiger partial charge in [-0.25, -0.2) is 13.4 Å². The zero-order chi connectivity index (χ0) is 11.5.